The van der Waals surface area contributed by atoms with Gasteiger partial charge in [-0.05, 0) is 50.6 Å². The number of aromatic nitrogens is 3. The third-order valence-electron chi connectivity index (χ3n) is 10.7. The zero-order valence-corrected chi connectivity index (χ0v) is 32.8. The predicted molar refractivity (Wildman–Crippen MR) is 213 cm³/mol. The van der Waals surface area contributed by atoms with E-state index in [2.05, 4.69) is 58.9 Å². The maximum Gasteiger partial charge on any atom is 0.113 e. The molecule has 0 aliphatic heterocycles. The van der Waals surface area contributed by atoms with Gasteiger partial charge in [0.25, 0.3) is 0 Å². The van der Waals surface area contributed by atoms with Crippen LogP contribution in [0, 0.1) is 6.92 Å². The van der Waals surface area contributed by atoms with Crippen molar-refractivity contribution >= 4 is 11.0 Å². The molecule has 1 aromatic heterocycles. The van der Waals surface area contributed by atoms with E-state index in [1.165, 1.54) is 230 Å². The highest BCUT2D eigenvalue weighted by Crippen LogP contribution is 2.17. The van der Waals surface area contributed by atoms with Gasteiger partial charge in [0.2, 0.25) is 0 Å². The Bertz CT molecular complexity index is 917. The molecule has 0 saturated heterocycles. The molecule has 0 fully saturated rings. The van der Waals surface area contributed by atoms with Gasteiger partial charge in [-0.2, -0.15) is 0 Å². The zero-order valence-electron chi connectivity index (χ0n) is 32.8. The van der Waals surface area contributed by atoms with Gasteiger partial charge in [-0.15, -0.1) is 5.10 Å². The van der Waals surface area contributed by atoms with E-state index in [0.29, 0.717) is 0 Å². The summed E-state index contributed by atoms with van der Waals surface area (Å²) in [6.07, 6.45) is 45.7. The average Bonchev–Trinajstić information content (AvgIpc) is 3.48. The van der Waals surface area contributed by atoms with Crippen LogP contribution < -0.4 is 0 Å². The molecule has 0 bridgehead atoms. The Morgan fingerprint density at radius 2 is 0.792 bits per heavy atom. The SMILES string of the molecule is CCCCCCCCCCCCCCCCCCN(CCCCCCCCCCCCCCCCCC)Cn1nnc2cc(C)ccc21. The number of hydrogen-bond acceptors (Lipinski definition) is 3. The summed E-state index contributed by atoms with van der Waals surface area (Å²) in [5.41, 5.74) is 3.46. The fraction of sp³-hybridized carbons (Fsp3) is 0.864. The lowest BCUT2D eigenvalue weighted by atomic mass is 10.0. The van der Waals surface area contributed by atoms with E-state index in [0.717, 1.165) is 12.2 Å². The van der Waals surface area contributed by atoms with Crippen molar-refractivity contribution in [2.24, 2.45) is 0 Å². The third kappa shape index (κ3) is 23.1. The normalized spacial score (nSPS) is 11.8. The first-order valence-corrected chi connectivity index (χ1v) is 21.8. The standard InChI is InChI=1S/C44H82N4/c1-4-6-8-10-12-14-16-18-20-22-24-26-28-30-32-34-38-47(41-48-44-37-36-42(3)40-43(44)45-46-48)39-35-33-31-29-27-25-23-21-19-17-15-13-11-9-7-5-2/h36-37,40H,4-35,38-39,41H2,1-3H3. The molecule has 2 rings (SSSR count). The second kappa shape index (κ2) is 31.6. The van der Waals surface area contributed by atoms with Crippen LogP contribution in [0.3, 0.4) is 0 Å². The predicted octanol–water partition coefficient (Wildman–Crippen LogP) is 14.5. The summed E-state index contributed by atoms with van der Waals surface area (Å²) < 4.78 is 2.13. The van der Waals surface area contributed by atoms with E-state index >= 15 is 0 Å². The largest absolute Gasteiger partial charge is 0.284 e. The first-order valence-electron chi connectivity index (χ1n) is 21.8. The maximum atomic E-state index is 4.55. The van der Waals surface area contributed by atoms with Gasteiger partial charge in [-0.1, -0.05) is 218 Å². The van der Waals surface area contributed by atoms with E-state index in [-0.39, 0.29) is 0 Å². The van der Waals surface area contributed by atoms with E-state index in [1.807, 2.05) is 0 Å². The van der Waals surface area contributed by atoms with Crippen LogP contribution in [0.25, 0.3) is 11.0 Å². The van der Waals surface area contributed by atoms with Gasteiger partial charge in [0.15, 0.2) is 0 Å². The van der Waals surface area contributed by atoms with Crippen molar-refractivity contribution in [3.8, 4) is 0 Å². The monoisotopic (exact) mass is 667 g/mol. The van der Waals surface area contributed by atoms with Gasteiger partial charge in [-0.25, -0.2) is 4.68 Å². The molecule has 0 radical (unpaired) electrons. The molecule has 4 heteroatoms. The quantitative estimate of drug-likeness (QED) is 0.0679. The highest BCUT2D eigenvalue weighted by molar-refractivity contribution is 5.74. The summed E-state index contributed by atoms with van der Waals surface area (Å²) in [6, 6.07) is 6.55. The Balaban J connectivity index is 1.52. The molecule has 0 aliphatic rings. The second-order valence-electron chi connectivity index (χ2n) is 15.4. The molecule has 278 valence electrons. The molecule has 48 heavy (non-hydrogen) atoms. The van der Waals surface area contributed by atoms with Crippen molar-refractivity contribution in [1.29, 1.82) is 0 Å². The summed E-state index contributed by atoms with van der Waals surface area (Å²) in [7, 11) is 0. The minimum atomic E-state index is 0.872. The first-order chi connectivity index (χ1) is 23.7. The fourth-order valence-electron chi connectivity index (χ4n) is 7.40. The summed E-state index contributed by atoms with van der Waals surface area (Å²) in [5, 5.41) is 9.03. The van der Waals surface area contributed by atoms with Gasteiger partial charge >= 0.3 is 0 Å². The lowest BCUT2D eigenvalue weighted by Crippen LogP contribution is -2.29. The number of benzene rings is 1. The van der Waals surface area contributed by atoms with E-state index in [9.17, 15) is 0 Å². The van der Waals surface area contributed by atoms with Gasteiger partial charge in [0.05, 0.1) is 12.2 Å². The van der Waals surface area contributed by atoms with Crippen LogP contribution in [0.5, 0.6) is 0 Å². The lowest BCUT2D eigenvalue weighted by Gasteiger charge is -2.22. The highest BCUT2D eigenvalue weighted by atomic mass is 15.5. The van der Waals surface area contributed by atoms with Crippen LogP contribution in [-0.2, 0) is 6.67 Å². The molecule has 4 nitrogen and oxygen atoms in total. The number of aryl methyl sites for hydroxylation is 1. The number of fused-ring (bicyclic) bond motifs is 1. The Morgan fingerprint density at radius 1 is 0.458 bits per heavy atom. The Labute approximate surface area is 300 Å². The zero-order chi connectivity index (χ0) is 34.2. The van der Waals surface area contributed by atoms with Gasteiger partial charge in [0.1, 0.15) is 5.52 Å². The van der Waals surface area contributed by atoms with Crippen LogP contribution >= 0.6 is 0 Å². The van der Waals surface area contributed by atoms with Crippen molar-refractivity contribution in [2.75, 3.05) is 13.1 Å². The molecule has 0 aliphatic carbocycles. The molecule has 1 aromatic carbocycles. The Morgan fingerprint density at radius 3 is 1.15 bits per heavy atom. The molecule has 0 N–H and O–H groups in total. The fourth-order valence-corrected chi connectivity index (χ4v) is 7.40. The minimum absolute atomic E-state index is 0.872. The van der Waals surface area contributed by atoms with Crippen molar-refractivity contribution in [3.05, 3.63) is 23.8 Å². The minimum Gasteiger partial charge on any atom is -0.284 e. The summed E-state index contributed by atoms with van der Waals surface area (Å²) in [5.74, 6) is 0. The number of nitrogens with zero attached hydrogens (tertiary/aromatic N) is 4. The van der Waals surface area contributed by atoms with E-state index in [4.69, 9.17) is 0 Å². The molecule has 0 spiro atoms. The first kappa shape index (κ1) is 42.7. The highest BCUT2D eigenvalue weighted by Gasteiger charge is 2.10. The number of hydrogen-bond donors (Lipinski definition) is 0. The van der Waals surface area contributed by atoms with Crippen molar-refractivity contribution in [3.63, 3.8) is 0 Å². The van der Waals surface area contributed by atoms with Crippen molar-refractivity contribution < 1.29 is 0 Å². The molecule has 2 aromatic rings. The van der Waals surface area contributed by atoms with Crippen molar-refractivity contribution in [1.82, 2.24) is 19.9 Å². The molecular weight excluding hydrogens is 585 g/mol. The molecule has 1 heterocycles. The topological polar surface area (TPSA) is 34.0 Å². The van der Waals surface area contributed by atoms with Crippen LogP contribution in [0.2, 0.25) is 0 Å². The smallest absolute Gasteiger partial charge is 0.113 e. The number of unbranched alkanes of at least 4 members (excludes halogenated alkanes) is 30. The molecule has 0 atom stereocenters. The molecule has 0 amide bonds. The van der Waals surface area contributed by atoms with Crippen LogP contribution in [0.4, 0.5) is 0 Å². The number of rotatable bonds is 36. The van der Waals surface area contributed by atoms with Gasteiger partial charge in [-0.3, -0.25) is 4.90 Å². The summed E-state index contributed by atoms with van der Waals surface area (Å²) in [6.45, 7) is 9.99. The molecule has 0 unspecified atom stereocenters. The molecular formula is C44H82N4. The van der Waals surface area contributed by atoms with Crippen molar-refractivity contribution in [2.45, 2.75) is 233 Å². The third-order valence-corrected chi connectivity index (χ3v) is 10.7. The van der Waals surface area contributed by atoms with Gasteiger partial charge in [0, 0.05) is 0 Å². The van der Waals surface area contributed by atoms with E-state index < -0.39 is 0 Å². The maximum absolute atomic E-state index is 4.55. The average molecular weight is 667 g/mol. The second-order valence-corrected chi connectivity index (χ2v) is 15.4. The molecule has 0 saturated carbocycles. The summed E-state index contributed by atoms with van der Waals surface area (Å²) in [4.78, 5) is 2.65. The van der Waals surface area contributed by atoms with Crippen LogP contribution in [-0.4, -0.2) is 33.0 Å². The Hall–Kier alpha value is -1.42. The summed E-state index contributed by atoms with van der Waals surface area (Å²) >= 11 is 0. The van der Waals surface area contributed by atoms with Crippen LogP contribution in [0.15, 0.2) is 18.2 Å². The lowest BCUT2D eigenvalue weighted by molar-refractivity contribution is 0.199. The van der Waals surface area contributed by atoms with Gasteiger partial charge < -0.3 is 0 Å². The van der Waals surface area contributed by atoms with E-state index in [1.54, 1.807) is 0 Å². The van der Waals surface area contributed by atoms with Crippen LogP contribution in [0.1, 0.15) is 225 Å². The Kier molecular flexibility index (Phi) is 28.1.